The van der Waals surface area contributed by atoms with Gasteiger partial charge in [-0.2, -0.15) is 0 Å². The van der Waals surface area contributed by atoms with Crippen molar-refractivity contribution in [3.63, 3.8) is 0 Å². The standard InChI is InChI=1S/C13H9IN2O3/c14-10-2-1-3-11(7-10)15-8-9-6-12(16(18)19)4-5-13(9)17/h1-8,17H. The van der Waals surface area contributed by atoms with Crippen molar-refractivity contribution in [2.45, 2.75) is 0 Å². The first-order valence-electron chi connectivity index (χ1n) is 5.33. The number of nitro groups is 1. The summed E-state index contributed by atoms with van der Waals surface area (Å²) in [6, 6.07) is 11.3. The third-order valence-electron chi connectivity index (χ3n) is 2.38. The Morgan fingerprint density at radius 2 is 2.05 bits per heavy atom. The minimum Gasteiger partial charge on any atom is -0.507 e. The second kappa shape index (κ2) is 5.79. The first-order valence-corrected chi connectivity index (χ1v) is 6.41. The Labute approximate surface area is 122 Å². The van der Waals surface area contributed by atoms with Gasteiger partial charge in [-0.15, -0.1) is 0 Å². The molecule has 0 saturated heterocycles. The van der Waals surface area contributed by atoms with E-state index in [1.54, 1.807) is 0 Å². The number of phenols is 1. The highest BCUT2D eigenvalue weighted by atomic mass is 127. The zero-order valence-corrected chi connectivity index (χ0v) is 11.8. The first kappa shape index (κ1) is 13.5. The van der Waals surface area contributed by atoms with E-state index in [-0.39, 0.29) is 11.4 Å². The van der Waals surface area contributed by atoms with Crippen LogP contribution in [-0.2, 0) is 0 Å². The van der Waals surface area contributed by atoms with Crippen LogP contribution in [0.25, 0.3) is 0 Å². The lowest BCUT2D eigenvalue weighted by atomic mass is 10.2. The molecule has 0 saturated carbocycles. The molecule has 0 aliphatic heterocycles. The summed E-state index contributed by atoms with van der Waals surface area (Å²) in [5, 5.41) is 20.3. The molecule has 0 bridgehead atoms. The summed E-state index contributed by atoms with van der Waals surface area (Å²) in [6.45, 7) is 0. The minimum atomic E-state index is -0.512. The van der Waals surface area contributed by atoms with Crippen LogP contribution < -0.4 is 0 Å². The van der Waals surface area contributed by atoms with Crippen LogP contribution in [0.15, 0.2) is 47.5 Å². The molecule has 0 aliphatic carbocycles. The maximum absolute atomic E-state index is 10.7. The second-order valence-corrected chi connectivity index (χ2v) is 4.98. The first-order chi connectivity index (χ1) is 9.06. The summed E-state index contributed by atoms with van der Waals surface area (Å²) in [4.78, 5) is 14.3. The molecule has 0 amide bonds. The summed E-state index contributed by atoms with van der Waals surface area (Å²) in [5.74, 6) is -0.0417. The highest BCUT2D eigenvalue weighted by Gasteiger charge is 2.08. The maximum atomic E-state index is 10.7. The van der Waals surface area contributed by atoms with Crippen LogP contribution in [0.5, 0.6) is 5.75 Å². The van der Waals surface area contributed by atoms with Gasteiger partial charge in [-0.1, -0.05) is 6.07 Å². The van der Waals surface area contributed by atoms with Crippen LogP contribution in [0, 0.1) is 13.7 Å². The van der Waals surface area contributed by atoms with Gasteiger partial charge in [0.05, 0.1) is 10.6 Å². The van der Waals surface area contributed by atoms with Crippen molar-refractivity contribution < 1.29 is 10.0 Å². The van der Waals surface area contributed by atoms with Gasteiger partial charge in [0.15, 0.2) is 0 Å². The summed E-state index contributed by atoms with van der Waals surface area (Å²) in [6.07, 6.45) is 1.41. The molecular weight excluding hydrogens is 359 g/mol. The summed E-state index contributed by atoms with van der Waals surface area (Å²) < 4.78 is 1.04. The predicted molar refractivity (Wildman–Crippen MR) is 81.2 cm³/mol. The van der Waals surface area contributed by atoms with E-state index in [1.165, 1.54) is 24.4 Å². The van der Waals surface area contributed by atoms with E-state index >= 15 is 0 Å². The number of hydrogen-bond donors (Lipinski definition) is 1. The van der Waals surface area contributed by atoms with Crippen LogP contribution in [0.3, 0.4) is 0 Å². The zero-order valence-electron chi connectivity index (χ0n) is 9.65. The summed E-state index contributed by atoms with van der Waals surface area (Å²) in [7, 11) is 0. The highest BCUT2D eigenvalue weighted by Crippen LogP contribution is 2.22. The van der Waals surface area contributed by atoms with Crippen LogP contribution >= 0.6 is 22.6 Å². The molecule has 96 valence electrons. The fourth-order valence-electron chi connectivity index (χ4n) is 1.46. The van der Waals surface area contributed by atoms with Gasteiger partial charge in [0.1, 0.15) is 5.75 Å². The second-order valence-electron chi connectivity index (χ2n) is 3.74. The Morgan fingerprint density at radius 3 is 2.74 bits per heavy atom. The van der Waals surface area contributed by atoms with Crippen molar-refractivity contribution in [1.29, 1.82) is 0 Å². The van der Waals surface area contributed by atoms with E-state index in [0.717, 1.165) is 9.26 Å². The number of nitro benzene ring substituents is 1. The normalized spacial score (nSPS) is 10.8. The van der Waals surface area contributed by atoms with Crippen molar-refractivity contribution in [2.24, 2.45) is 4.99 Å². The molecule has 0 atom stereocenters. The lowest BCUT2D eigenvalue weighted by Crippen LogP contribution is -1.90. The van der Waals surface area contributed by atoms with Crippen molar-refractivity contribution in [2.75, 3.05) is 0 Å². The number of non-ortho nitro benzene ring substituents is 1. The number of hydrogen-bond acceptors (Lipinski definition) is 4. The zero-order chi connectivity index (χ0) is 13.8. The summed E-state index contributed by atoms with van der Waals surface area (Å²) >= 11 is 2.17. The number of rotatable bonds is 3. The van der Waals surface area contributed by atoms with Gasteiger partial charge in [0, 0.05) is 27.5 Å². The Hall–Kier alpha value is -1.96. The van der Waals surface area contributed by atoms with Crippen molar-refractivity contribution in [1.82, 2.24) is 0 Å². The SMILES string of the molecule is O=[N+]([O-])c1ccc(O)c(C=Nc2cccc(I)c2)c1. The molecule has 0 unspecified atom stereocenters. The molecular formula is C13H9IN2O3. The lowest BCUT2D eigenvalue weighted by Gasteiger charge is -1.99. The van der Waals surface area contributed by atoms with Crippen LogP contribution in [0.1, 0.15) is 5.56 Å². The van der Waals surface area contributed by atoms with Crippen molar-refractivity contribution in [3.8, 4) is 5.75 Å². The number of halogens is 1. The van der Waals surface area contributed by atoms with Gasteiger partial charge in [0.2, 0.25) is 0 Å². The molecule has 2 aromatic rings. The average molecular weight is 368 g/mol. The third-order valence-corrected chi connectivity index (χ3v) is 3.05. The smallest absolute Gasteiger partial charge is 0.270 e. The Balaban J connectivity index is 2.32. The quantitative estimate of drug-likeness (QED) is 0.389. The van der Waals surface area contributed by atoms with Gasteiger partial charge < -0.3 is 5.11 Å². The number of aliphatic imine (C=N–C) groups is 1. The fourth-order valence-corrected chi connectivity index (χ4v) is 1.99. The van der Waals surface area contributed by atoms with Gasteiger partial charge in [-0.25, -0.2) is 0 Å². The van der Waals surface area contributed by atoms with Crippen molar-refractivity contribution in [3.05, 3.63) is 61.7 Å². The molecule has 0 spiro atoms. The van der Waals surface area contributed by atoms with E-state index < -0.39 is 4.92 Å². The predicted octanol–water partition coefficient (Wildman–Crippen LogP) is 3.66. The lowest BCUT2D eigenvalue weighted by molar-refractivity contribution is -0.384. The molecule has 6 heteroatoms. The fraction of sp³-hybridized carbons (Fsp3) is 0. The number of nitrogens with zero attached hydrogens (tertiary/aromatic N) is 2. The number of phenolic OH excluding ortho intramolecular Hbond substituents is 1. The van der Waals surface area contributed by atoms with E-state index in [9.17, 15) is 15.2 Å². The van der Waals surface area contributed by atoms with E-state index in [2.05, 4.69) is 27.6 Å². The molecule has 0 fully saturated rings. The number of benzene rings is 2. The number of aromatic hydroxyl groups is 1. The molecule has 2 rings (SSSR count). The monoisotopic (exact) mass is 368 g/mol. The topological polar surface area (TPSA) is 75.7 Å². The average Bonchev–Trinajstić information content (AvgIpc) is 2.37. The Morgan fingerprint density at radius 1 is 1.26 bits per heavy atom. The van der Waals surface area contributed by atoms with E-state index in [1.807, 2.05) is 24.3 Å². The van der Waals surface area contributed by atoms with Crippen LogP contribution in [-0.4, -0.2) is 16.2 Å². The van der Waals surface area contributed by atoms with Crippen molar-refractivity contribution >= 4 is 40.2 Å². The maximum Gasteiger partial charge on any atom is 0.270 e. The van der Waals surface area contributed by atoms with Gasteiger partial charge in [-0.05, 0) is 46.9 Å². The van der Waals surface area contributed by atoms with Crippen LogP contribution in [0.4, 0.5) is 11.4 Å². The van der Waals surface area contributed by atoms with Crippen LogP contribution in [0.2, 0.25) is 0 Å². The molecule has 2 aromatic carbocycles. The molecule has 19 heavy (non-hydrogen) atoms. The molecule has 0 heterocycles. The molecule has 0 radical (unpaired) electrons. The molecule has 5 nitrogen and oxygen atoms in total. The third kappa shape index (κ3) is 3.50. The molecule has 1 N–H and O–H groups in total. The van der Waals surface area contributed by atoms with Gasteiger partial charge in [-0.3, -0.25) is 15.1 Å². The Kier molecular flexibility index (Phi) is 4.10. The Bertz CT molecular complexity index is 656. The highest BCUT2D eigenvalue weighted by molar-refractivity contribution is 14.1. The van der Waals surface area contributed by atoms with E-state index in [4.69, 9.17) is 0 Å². The molecule has 0 aromatic heterocycles. The largest absolute Gasteiger partial charge is 0.507 e. The molecule has 0 aliphatic rings. The van der Waals surface area contributed by atoms with Gasteiger partial charge in [0.25, 0.3) is 5.69 Å². The summed E-state index contributed by atoms with van der Waals surface area (Å²) in [5.41, 5.74) is 0.952. The van der Waals surface area contributed by atoms with E-state index in [0.29, 0.717) is 5.56 Å². The minimum absolute atomic E-state index is 0.0417. The van der Waals surface area contributed by atoms with Gasteiger partial charge >= 0.3 is 0 Å².